The van der Waals surface area contributed by atoms with Crippen molar-refractivity contribution in [2.45, 2.75) is 19.8 Å². The van der Waals surface area contributed by atoms with Gasteiger partial charge in [-0.3, -0.25) is 4.79 Å². The maximum absolute atomic E-state index is 12.0. The SMILES string of the molecule is COc1cc(NC(=O)CCc2ccccc2C)ccc1N. The number of carbonyl (C=O) groups excluding carboxylic acids is 1. The fourth-order valence-corrected chi connectivity index (χ4v) is 2.15. The third-order valence-corrected chi connectivity index (χ3v) is 3.40. The molecule has 3 N–H and O–H groups in total. The molecule has 0 spiro atoms. The monoisotopic (exact) mass is 284 g/mol. The van der Waals surface area contributed by atoms with E-state index in [1.807, 2.05) is 12.1 Å². The summed E-state index contributed by atoms with van der Waals surface area (Å²) in [5, 5.41) is 2.86. The van der Waals surface area contributed by atoms with Crippen molar-refractivity contribution >= 4 is 17.3 Å². The largest absolute Gasteiger partial charge is 0.495 e. The number of hydrogen-bond acceptors (Lipinski definition) is 3. The summed E-state index contributed by atoms with van der Waals surface area (Å²) in [6.07, 6.45) is 1.17. The summed E-state index contributed by atoms with van der Waals surface area (Å²) in [4.78, 5) is 12.0. The summed E-state index contributed by atoms with van der Waals surface area (Å²) in [6, 6.07) is 13.3. The molecule has 0 radical (unpaired) electrons. The Hall–Kier alpha value is -2.49. The van der Waals surface area contributed by atoms with E-state index in [2.05, 4.69) is 24.4 Å². The first kappa shape index (κ1) is 14.9. The lowest BCUT2D eigenvalue weighted by Crippen LogP contribution is -2.12. The minimum Gasteiger partial charge on any atom is -0.495 e. The third kappa shape index (κ3) is 3.99. The van der Waals surface area contributed by atoms with Crippen LogP contribution in [-0.2, 0) is 11.2 Å². The minimum atomic E-state index is -0.0231. The van der Waals surface area contributed by atoms with Gasteiger partial charge in [-0.25, -0.2) is 0 Å². The Balaban J connectivity index is 1.94. The Bertz CT molecular complexity index is 638. The van der Waals surface area contributed by atoms with Gasteiger partial charge in [0.25, 0.3) is 0 Å². The smallest absolute Gasteiger partial charge is 0.224 e. The number of aryl methyl sites for hydroxylation is 2. The van der Waals surface area contributed by atoms with Gasteiger partial charge in [-0.1, -0.05) is 24.3 Å². The van der Waals surface area contributed by atoms with E-state index in [9.17, 15) is 4.79 Å². The molecule has 110 valence electrons. The van der Waals surface area contributed by atoms with Gasteiger partial charge in [0.15, 0.2) is 0 Å². The van der Waals surface area contributed by atoms with Gasteiger partial charge in [-0.15, -0.1) is 0 Å². The summed E-state index contributed by atoms with van der Waals surface area (Å²) < 4.78 is 5.14. The van der Waals surface area contributed by atoms with Crippen LogP contribution in [0.4, 0.5) is 11.4 Å². The molecule has 0 unspecified atom stereocenters. The van der Waals surface area contributed by atoms with Crippen molar-refractivity contribution < 1.29 is 9.53 Å². The number of anilines is 2. The van der Waals surface area contributed by atoms with Crippen LogP contribution < -0.4 is 15.8 Å². The molecule has 0 heterocycles. The van der Waals surface area contributed by atoms with E-state index in [1.54, 1.807) is 25.3 Å². The molecule has 0 bridgehead atoms. The highest BCUT2D eigenvalue weighted by Crippen LogP contribution is 2.25. The molecule has 2 aromatic carbocycles. The average molecular weight is 284 g/mol. The molecule has 0 atom stereocenters. The molecular formula is C17H20N2O2. The number of hydrogen-bond donors (Lipinski definition) is 2. The second-order valence-electron chi connectivity index (χ2n) is 4.93. The first-order chi connectivity index (χ1) is 10.1. The van der Waals surface area contributed by atoms with Gasteiger partial charge in [0.05, 0.1) is 12.8 Å². The predicted octanol–water partition coefficient (Wildman–Crippen LogP) is 3.16. The van der Waals surface area contributed by atoms with Crippen LogP contribution in [0, 0.1) is 6.92 Å². The molecule has 0 aliphatic carbocycles. The van der Waals surface area contributed by atoms with Crippen LogP contribution in [0.1, 0.15) is 17.5 Å². The molecule has 4 heteroatoms. The maximum Gasteiger partial charge on any atom is 0.224 e. The minimum absolute atomic E-state index is 0.0231. The molecule has 4 nitrogen and oxygen atoms in total. The third-order valence-electron chi connectivity index (χ3n) is 3.40. The van der Waals surface area contributed by atoms with Crippen molar-refractivity contribution in [1.82, 2.24) is 0 Å². The van der Waals surface area contributed by atoms with Gasteiger partial charge < -0.3 is 15.8 Å². The zero-order valence-electron chi connectivity index (χ0n) is 12.3. The number of nitrogen functional groups attached to an aromatic ring is 1. The quantitative estimate of drug-likeness (QED) is 0.829. The second kappa shape index (κ2) is 6.79. The molecule has 0 fully saturated rings. The van der Waals surface area contributed by atoms with E-state index in [-0.39, 0.29) is 5.91 Å². The number of benzene rings is 2. The van der Waals surface area contributed by atoms with Crippen LogP contribution in [0.2, 0.25) is 0 Å². The van der Waals surface area contributed by atoms with Crippen molar-refractivity contribution in [3.8, 4) is 5.75 Å². The van der Waals surface area contributed by atoms with Crippen LogP contribution in [0.15, 0.2) is 42.5 Å². The van der Waals surface area contributed by atoms with Gasteiger partial charge in [0, 0.05) is 18.2 Å². The van der Waals surface area contributed by atoms with Crippen LogP contribution in [0.25, 0.3) is 0 Å². The number of nitrogens with two attached hydrogens (primary N) is 1. The first-order valence-electron chi connectivity index (χ1n) is 6.88. The Labute approximate surface area is 124 Å². The van der Waals surface area contributed by atoms with Crippen LogP contribution in [-0.4, -0.2) is 13.0 Å². The van der Waals surface area contributed by atoms with E-state index >= 15 is 0 Å². The van der Waals surface area contributed by atoms with E-state index in [0.29, 0.717) is 23.5 Å². The lowest BCUT2D eigenvalue weighted by molar-refractivity contribution is -0.116. The molecule has 0 aliphatic heterocycles. The first-order valence-corrected chi connectivity index (χ1v) is 6.88. The van der Waals surface area contributed by atoms with Gasteiger partial charge in [0.2, 0.25) is 5.91 Å². The molecule has 21 heavy (non-hydrogen) atoms. The van der Waals surface area contributed by atoms with Gasteiger partial charge >= 0.3 is 0 Å². The Morgan fingerprint density at radius 2 is 2.00 bits per heavy atom. The number of methoxy groups -OCH3 is 1. The summed E-state index contributed by atoms with van der Waals surface area (Å²) in [5.41, 5.74) is 9.39. The van der Waals surface area contributed by atoms with Gasteiger partial charge in [-0.05, 0) is 36.6 Å². The molecule has 0 saturated carbocycles. The fourth-order valence-electron chi connectivity index (χ4n) is 2.15. The van der Waals surface area contributed by atoms with E-state index < -0.39 is 0 Å². The molecule has 1 amide bonds. The lowest BCUT2D eigenvalue weighted by atomic mass is 10.0. The lowest BCUT2D eigenvalue weighted by Gasteiger charge is -2.09. The van der Waals surface area contributed by atoms with Crippen molar-refractivity contribution in [1.29, 1.82) is 0 Å². The highest BCUT2D eigenvalue weighted by Gasteiger charge is 2.06. The summed E-state index contributed by atoms with van der Waals surface area (Å²) >= 11 is 0. The molecule has 0 aliphatic rings. The highest BCUT2D eigenvalue weighted by atomic mass is 16.5. The fraction of sp³-hybridized carbons (Fsp3) is 0.235. The van der Waals surface area contributed by atoms with E-state index in [4.69, 9.17) is 10.5 Å². The topological polar surface area (TPSA) is 64.3 Å². The Kier molecular flexibility index (Phi) is 4.82. The average Bonchev–Trinajstić information content (AvgIpc) is 2.48. The molecule has 2 aromatic rings. The zero-order chi connectivity index (χ0) is 15.2. The van der Waals surface area contributed by atoms with Crippen LogP contribution >= 0.6 is 0 Å². The van der Waals surface area contributed by atoms with Gasteiger partial charge in [-0.2, -0.15) is 0 Å². The number of amides is 1. The molecule has 2 rings (SSSR count). The summed E-state index contributed by atoms with van der Waals surface area (Å²) in [5.74, 6) is 0.539. The number of ether oxygens (including phenoxy) is 1. The molecule has 0 aromatic heterocycles. The Morgan fingerprint density at radius 1 is 1.24 bits per heavy atom. The van der Waals surface area contributed by atoms with Crippen LogP contribution in [0.3, 0.4) is 0 Å². The van der Waals surface area contributed by atoms with Gasteiger partial charge in [0.1, 0.15) is 5.75 Å². The zero-order valence-corrected chi connectivity index (χ0v) is 12.3. The molecular weight excluding hydrogens is 264 g/mol. The second-order valence-corrected chi connectivity index (χ2v) is 4.93. The number of carbonyl (C=O) groups is 1. The maximum atomic E-state index is 12.0. The van der Waals surface area contributed by atoms with E-state index in [0.717, 1.165) is 6.42 Å². The summed E-state index contributed by atoms with van der Waals surface area (Å²) in [7, 11) is 1.55. The van der Waals surface area contributed by atoms with Crippen molar-refractivity contribution in [3.05, 3.63) is 53.6 Å². The Morgan fingerprint density at radius 3 is 2.71 bits per heavy atom. The standard InChI is InChI=1S/C17H20N2O2/c1-12-5-3-4-6-13(12)7-10-17(20)19-14-8-9-15(18)16(11-14)21-2/h3-6,8-9,11H,7,10,18H2,1-2H3,(H,19,20). The van der Waals surface area contributed by atoms with E-state index in [1.165, 1.54) is 11.1 Å². The van der Waals surface area contributed by atoms with Crippen LogP contribution in [0.5, 0.6) is 5.75 Å². The molecule has 0 saturated heterocycles. The highest BCUT2D eigenvalue weighted by molar-refractivity contribution is 5.91. The number of rotatable bonds is 5. The van der Waals surface area contributed by atoms with Crippen molar-refractivity contribution in [2.75, 3.05) is 18.2 Å². The predicted molar refractivity (Wildman–Crippen MR) is 85.5 cm³/mol. The van der Waals surface area contributed by atoms with Crippen molar-refractivity contribution in [2.24, 2.45) is 0 Å². The normalized spacial score (nSPS) is 10.2. The summed E-state index contributed by atoms with van der Waals surface area (Å²) in [6.45, 7) is 2.05. The number of nitrogens with one attached hydrogen (secondary N) is 1. The van der Waals surface area contributed by atoms with Crippen molar-refractivity contribution in [3.63, 3.8) is 0 Å².